The van der Waals surface area contributed by atoms with Gasteiger partial charge in [-0.15, -0.1) is 0 Å². The van der Waals surface area contributed by atoms with Crippen LogP contribution in [0.1, 0.15) is 10.4 Å². The Morgan fingerprint density at radius 1 is 0.964 bits per heavy atom. The smallest absolute Gasteiger partial charge is 0.338 e. The SMILES string of the molecule is COc1ccc(C(=O)OCC(=O)Nc2ccccc2-c2ccccc2)cc1F. The van der Waals surface area contributed by atoms with Crippen molar-refractivity contribution in [1.82, 2.24) is 0 Å². The molecule has 0 aliphatic rings. The molecule has 0 unspecified atom stereocenters. The molecule has 3 rings (SSSR count). The van der Waals surface area contributed by atoms with Crippen LogP contribution in [0.5, 0.6) is 5.75 Å². The summed E-state index contributed by atoms with van der Waals surface area (Å²) < 4.78 is 23.5. The fourth-order valence-electron chi connectivity index (χ4n) is 2.66. The zero-order chi connectivity index (χ0) is 19.9. The third-order valence-electron chi connectivity index (χ3n) is 4.01. The van der Waals surface area contributed by atoms with Gasteiger partial charge in [-0.05, 0) is 29.8 Å². The molecule has 0 spiro atoms. The Kier molecular flexibility index (Phi) is 6.01. The van der Waals surface area contributed by atoms with Crippen LogP contribution in [-0.4, -0.2) is 25.6 Å². The molecule has 28 heavy (non-hydrogen) atoms. The zero-order valence-corrected chi connectivity index (χ0v) is 15.1. The summed E-state index contributed by atoms with van der Waals surface area (Å²) in [5.74, 6) is -1.95. The lowest BCUT2D eigenvalue weighted by Crippen LogP contribution is -2.21. The highest BCUT2D eigenvalue weighted by Gasteiger charge is 2.14. The maximum Gasteiger partial charge on any atom is 0.338 e. The third-order valence-corrected chi connectivity index (χ3v) is 4.01. The summed E-state index contributed by atoms with van der Waals surface area (Å²) >= 11 is 0. The second-order valence-corrected chi connectivity index (χ2v) is 5.89. The molecule has 3 aromatic carbocycles. The standard InChI is InChI=1S/C22H18FNO4/c1-27-20-12-11-16(13-18(20)23)22(26)28-14-21(25)24-19-10-6-5-9-17(19)15-7-3-2-4-8-15/h2-13H,14H2,1H3,(H,24,25). The molecule has 0 saturated heterocycles. The number of hydrogen-bond donors (Lipinski definition) is 1. The number of ether oxygens (including phenoxy) is 2. The lowest BCUT2D eigenvalue weighted by molar-refractivity contribution is -0.119. The van der Waals surface area contributed by atoms with E-state index < -0.39 is 24.3 Å². The van der Waals surface area contributed by atoms with Crippen LogP contribution in [0.25, 0.3) is 11.1 Å². The van der Waals surface area contributed by atoms with Crippen molar-refractivity contribution in [2.45, 2.75) is 0 Å². The Balaban J connectivity index is 1.64. The van der Waals surface area contributed by atoms with Crippen LogP contribution in [0.4, 0.5) is 10.1 Å². The molecule has 142 valence electrons. The van der Waals surface area contributed by atoms with Crippen LogP contribution >= 0.6 is 0 Å². The van der Waals surface area contributed by atoms with Gasteiger partial charge in [-0.3, -0.25) is 4.79 Å². The van der Waals surface area contributed by atoms with Crippen molar-refractivity contribution in [2.75, 3.05) is 19.0 Å². The first-order chi connectivity index (χ1) is 13.6. The van der Waals surface area contributed by atoms with Crippen molar-refractivity contribution in [3.63, 3.8) is 0 Å². The molecule has 0 saturated carbocycles. The summed E-state index contributed by atoms with van der Waals surface area (Å²) in [5.41, 5.74) is 2.39. The highest BCUT2D eigenvalue weighted by molar-refractivity contribution is 5.98. The van der Waals surface area contributed by atoms with Crippen LogP contribution in [0.3, 0.4) is 0 Å². The Morgan fingerprint density at radius 2 is 1.68 bits per heavy atom. The van der Waals surface area contributed by atoms with E-state index >= 15 is 0 Å². The number of para-hydroxylation sites is 1. The van der Waals surface area contributed by atoms with E-state index in [4.69, 9.17) is 9.47 Å². The fraction of sp³-hybridized carbons (Fsp3) is 0.0909. The van der Waals surface area contributed by atoms with Gasteiger partial charge in [-0.2, -0.15) is 0 Å². The average Bonchev–Trinajstić information content (AvgIpc) is 2.73. The maximum absolute atomic E-state index is 13.7. The molecule has 0 aliphatic heterocycles. The van der Waals surface area contributed by atoms with Crippen molar-refractivity contribution >= 4 is 17.6 Å². The van der Waals surface area contributed by atoms with Gasteiger partial charge >= 0.3 is 5.97 Å². The monoisotopic (exact) mass is 379 g/mol. The second-order valence-electron chi connectivity index (χ2n) is 5.89. The van der Waals surface area contributed by atoms with E-state index in [0.717, 1.165) is 17.2 Å². The van der Waals surface area contributed by atoms with E-state index in [1.54, 1.807) is 12.1 Å². The maximum atomic E-state index is 13.7. The molecule has 0 atom stereocenters. The van der Waals surface area contributed by atoms with Crippen molar-refractivity contribution in [1.29, 1.82) is 0 Å². The molecule has 3 aromatic rings. The van der Waals surface area contributed by atoms with Crippen LogP contribution < -0.4 is 10.1 Å². The number of halogens is 1. The minimum Gasteiger partial charge on any atom is -0.494 e. The molecular formula is C22H18FNO4. The van der Waals surface area contributed by atoms with E-state index in [-0.39, 0.29) is 11.3 Å². The number of carbonyl (C=O) groups is 2. The van der Waals surface area contributed by atoms with Gasteiger partial charge in [0.1, 0.15) is 0 Å². The van der Waals surface area contributed by atoms with Crippen molar-refractivity contribution < 1.29 is 23.5 Å². The Hall–Kier alpha value is -3.67. The number of amides is 1. The number of nitrogens with one attached hydrogen (secondary N) is 1. The minimum atomic E-state index is -0.798. The van der Waals surface area contributed by atoms with E-state index in [0.29, 0.717) is 5.69 Å². The molecule has 1 N–H and O–H groups in total. The van der Waals surface area contributed by atoms with E-state index in [2.05, 4.69) is 5.32 Å². The zero-order valence-electron chi connectivity index (χ0n) is 15.1. The van der Waals surface area contributed by atoms with Crippen LogP contribution in [0.2, 0.25) is 0 Å². The topological polar surface area (TPSA) is 64.6 Å². The van der Waals surface area contributed by atoms with Crippen molar-refractivity contribution in [3.8, 4) is 16.9 Å². The van der Waals surface area contributed by atoms with Gasteiger partial charge in [0, 0.05) is 11.3 Å². The largest absolute Gasteiger partial charge is 0.494 e. The summed E-state index contributed by atoms with van der Waals surface area (Å²) in [6, 6.07) is 20.6. The Morgan fingerprint density at radius 3 is 2.39 bits per heavy atom. The highest BCUT2D eigenvalue weighted by atomic mass is 19.1. The number of hydrogen-bond acceptors (Lipinski definition) is 4. The van der Waals surface area contributed by atoms with E-state index in [1.807, 2.05) is 42.5 Å². The van der Waals surface area contributed by atoms with Gasteiger partial charge in [0.25, 0.3) is 5.91 Å². The molecular weight excluding hydrogens is 361 g/mol. The summed E-state index contributed by atoms with van der Waals surface area (Å²) in [6.45, 7) is -0.490. The summed E-state index contributed by atoms with van der Waals surface area (Å²) in [4.78, 5) is 24.2. The molecule has 0 aliphatic carbocycles. The van der Waals surface area contributed by atoms with Crippen LogP contribution in [0.15, 0.2) is 72.8 Å². The van der Waals surface area contributed by atoms with E-state index in [9.17, 15) is 14.0 Å². The lowest BCUT2D eigenvalue weighted by Gasteiger charge is -2.11. The lowest BCUT2D eigenvalue weighted by atomic mass is 10.0. The molecule has 0 aromatic heterocycles. The predicted molar refractivity (Wildman–Crippen MR) is 104 cm³/mol. The Bertz CT molecular complexity index is 989. The fourth-order valence-corrected chi connectivity index (χ4v) is 2.66. The first kappa shape index (κ1) is 19.1. The third kappa shape index (κ3) is 4.54. The number of benzene rings is 3. The van der Waals surface area contributed by atoms with Crippen molar-refractivity contribution in [2.24, 2.45) is 0 Å². The van der Waals surface area contributed by atoms with Gasteiger partial charge in [0.2, 0.25) is 0 Å². The molecule has 0 bridgehead atoms. The van der Waals surface area contributed by atoms with Crippen LogP contribution in [-0.2, 0) is 9.53 Å². The molecule has 5 nitrogen and oxygen atoms in total. The minimum absolute atomic E-state index is 0.00390. The first-order valence-electron chi connectivity index (χ1n) is 8.53. The highest BCUT2D eigenvalue weighted by Crippen LogP contribution is 2.27. The van der Waals surface area contributed by atoms with Gasteiger partial charge in [0.05, 0.1) is 12.7 Å². The van der Waals surface area contributed by atoms with Crippen molar-refractivity contribution in [3.05, 3.63) is 84.2 Å². The van der Waals surface area contributed by atoms with Gasteiger partial charge in [0.15, 0.2) is 18.2 Å². The second kappa shape index (κ2) is 8.81. The molecule has 6 heteroatoms. The average molecular weight is 379 g/mol. The van der Waals surface area contributed by atoms with Crippen LogP contribution in [0, 0.1) is 5.82 Å². The molecule has 0 fully saturated rings. The quantitative estimate of drug-likeness (QED) is 0.649. The van der Waals surface area contributed by atoms with Gasteiger partial charge in [-0.25, -0.2) is 9.18 Å². The number of methoxy groups -OCH3 is 1. The van der Waals surface area contributed by atoms with E-state index in [1.165, 1.54) is 19.2 Å². The normalized spacial score (nSPS) is 10.2. The number of anilines is 1. The molecule has 1 amide bonds. The van der Waals surface area contributed by atoms with Gasteiger partial charge < -0.3 is 14.8 Å². The first-order valence-corrected chi connectivity index (χ1v) is 8.53. The molecule has 0 heterocycles. The number of esters is 1. The predicted octanol–water partition coefficient (Wildman–Crippen LogP) is 4.30. The summed E-state index contributed by atoms with van der Waals surface area (Å²) in [7, 11) is 1.33. The number of carbonyl (C=O) groups excluding carboxylic acids is 2. The Labute approximate surface area is 161 Å². The summed E-state index contributed by atoms with van der Waals surface area (Å²) in [6.07, 6.45) is 0. The molecule has 0 radical (unpaired) electrons. The summed E-state index contributed by atoms with van der Waals surface area (Å²) in [5, 5.41) is 2.74. The van der Waals surface area contributed by atoms with Gasteiger partial charge in [-0.1, -0.05) is 48.5 Å². The number of rotatable bonds is 6.